The molecule has 5 nitrogen and oxygen atoms in total. The Bertz CT molecular complexity index is 513. The highest BCUT2D eigenvalue weighted by molar-refractivity contribution is 7.10. The molecule has 1 aliphatic carbocycles. The summed E-state index contributed by atoms with van der Waals surface area (Å²) in [5.41, 5.74) is 0. The smallest absolute Gasteiger partial charge is 0.315 e. The number of hydrogen-bond donors (Lipinski definition) is 2. The number of carbonyl (C=O) groups is 2. The van der Waals surface area contributed by atoms with Gasteiger partial charge in [-0.05, 0) is 30.7 Å². The van der Waals surface area contributed by atoms with E-state index in [2.05, 4.69) is 17.6 Å². The summed E-state index contributed by atoms with van der Waals surface area (Å²) in [6.45, 7) is 2.71. The van der Waals surface area contributed by atoms with Crippen LogP contribution in [0.1, 0.15) is 43.5 Å². The normalized spacial score (nSPS) is 23.2. The van der Waals surface area contributed by atoms with Gasteiger partial charge in [0.05, 0.1) is 12.1 Å². The summed E-state index contributed by atoms with van der Waals surface area (Å²) < 4.78 is 0. The molecule has 3 rings (SSSR count). The van der Waals surface area contributed by atoms with Gasteiger partial charge in [-0.15, -0.1) is 11.3 Å². The quantitative estimate of drug-likeness (QED) is 0.876. The Morgan fingerprint density at radius 3 is 2.95 bits per heavy atom. The molecule has 0 spiro atoms. The van der Waals surface area contributed by atoms with E-state index in [1.807, 2.05) is 22.4 Å². The molecule has 2 atom stereocenters. The van der Waals surface area contributed by atoms with Crippen LogP contribution in [-0.2, 0) is 4.79 Å². The Kier molecular flexibility index (Phi) is 4.14. The zero-order valence-electron chi connectivity index (χ0n) is 12.2. The molecule has 1 aromatic rings. The lowest BCUT2D eigenvalue weighted by atomic mass is 10.2. The molecule has 6 heteroatoms. The van der Waals surface area contributed by atoms with E-state index in [4.69, 9.17) is 0 Å². The van der Waals surface area contributed by atoms with Crippen molar-refractivity contribution in [3.8, 4) is 0 Å². The van der Waals surface area contributed by atoms with Gasteiger partial charge >= 0.3 is 6.03 Å². The second-order valence-electron chi connectivity index (χ2n) is 5.77. The lowest BCUT2D eigenvalue weighted by Gasteiger charge is -2.19. The maximum absolute atomic E-state index is 12.1. The van der Waals surface area contributed by atoms with Crippen LogP contribution in [-0.4, -0.2) is 35.5 Å². The van der Waals surface area contributed by atoms with Crippen LogP contribution in [0.3, 0.4) is 0 Å². The minimum atomic E-state index is -0.175. The fraction of sp³-hybridized carbons (Fsp3) is 0.600. The predicted octanol–water partition coefficient (Wildman–Crippen LogP) is 2.26. The minimum absolute atomic E-state index is 0.0432. The molecule has 2 heterocycles. The Labute approximate surface area is 128 Å². The van der Waals surface area contributed by atoms with E-state index < -0.39 is 0 Å². The van der Waals surface area contributed by atoms with Gasteiger partial charge in [-0.25, -0.2) is 4.79 Å². The molecule has 1 aromatic heterocycles. The second-order valence-corrected chi connectivity index (χ2v) is 6.75. The van der Waals surface area contributed by atoms with Crippen LogP contribution >= 0.6 is 11.3 Å². The summed E-state index contributed by atoms with van der Waals surface area (Å²) >= 11 is 1.65. The number of carbonyl (C=O) groups excluding carboxylic acids is 2. The molecule has 114 valence electrons. The SMILES string of the molecule is CCC(NC(=O)NC1CC(=O)N(C2CC2)C1)c1cccs1. The highest BCUT2D eigenvalue weighted by atomic mass is 32.1. The summed E-state index contributed by atoms with van der Waals surface area (Å²) in [5.74, 6) is 0.174. The molecule has 2 unspecified atom stereocenters. The van der Waals surface area contributed by atoms with Gasteiger partial charge in [0, 0.05) is 23.9 Å². The van der Waals surface area contributed by atoms with Crippen LogP contribution in [0.5, 0.6) is 0 Å². The number of urea groups is 1. The number of nitrogens with one attached hydrogen (secondary N) is 2. The monoisotopic (exact) mass is 307 g/mol. The van der Waals surface area contributed by atoms with Gasteiger partial charge in [-0.3, -0.25) is 4.79 Å². The molecule has 0 bridgehead atoms. The number of rotatable bonds is 5. The third kappa shape index (κ3) is 3.37. The van der Waals surface area contributed by atoms with Crippen LogP contribution in [0, 0.1) is 0 Å². The van der Waals surface area contributed by atoms with Crippen molar-refractivity contribution in [1.29, 1.82) is 0 Å². The average Bonchev–Trinajstić information content (AvgIpc) is 3.02. The second kappa shape index (κ2) is 6.05. The van der Waals surface area contributed by atoms with Crippen LogP contribution in [0.4, 0.5) is 4.79 Å². The first kappa shape index (κ1) is 14.4. The van der Waals surface area contributed by atoms with Gasteiger partial charge in [0.1, 0.15) is 0 Å². The molecule has 21 heavy (non-hydrogen) atoms. The largest absolute Gasteiger partial charge is 0.338 e. The average molecular weight is 307 g/mol. The zero-order chi connectivity index (χ0) is 14.8. The first-order valence-electron chi connectivity index (χ1n) is 7.57. The number of amides is 3. The van der Waals surface area contributed by atoms with Crippen molar-refractivity contribution in [3.05, 3.63) is 22.4 Å². The lowest BCUT2D eigenvalue weighted by molar-refractivity contribution is -0.128. The van der Waals surface area contributed by atoms with Crippen LogP contribution in [0.25, 0.3) is 0 Å². The Morgan fingerprint density at radius 2 is 2.33 bits per heavy atom. The zero-order valence-corrected chi connectivity index (χ0v) is 13.0. The van der Waals surface area contributed by atoms with E-state index in [1.165, 1.54) is 0 Å². The molecule has 2 N–H and O–H groups in total. The van der Waals surface area contributed by atoms with Crippen LogP contribution in [0.2, 0.25) is 0 Å². The van der Waals surface area contributed by atoms with Crippen molar-refractivity contribution in [3.63, 3.8) is 0 Å². The number of hydrogen-bond acceptors (Lipinski definition) is 3. The van der Waals surface area contributed by atoms with E-state index in [1.54, 1.807) is 11.3 Å². The summed E-state index contributed by atoms with van der Waals surface area (Å²) in [6, 6.07) is 4.27. The van der Waals surface area contributed by atoms with Crippen molar-refractivity contribution in [1.82, 2.24) is 15.5 Å². The highest BCUT2D eigenvalue weighted by Crippen LogP contribution is 2.30. The molecule has 1 aliphatic heterocycles. The lowest BCUT2D eigenvalue weighted by Crippen LogP contribution is -2.44. The third-order valence-corrected chi connectivity index (χ3v) is 5.07. The fourth-order valence-corrected chi connectivity index (χ4v) is 3.68. The fourth-order valence-electron chi connectivity index (χ4n) is 2.82. The highest BCUT2D eigenvalue weighted by Gasteiger charge is 2.39. The molecule has 2 fully saturated rings. The van der Waals surface area contributed by atoms with Gasteiger partial charge < -0.3 is 15.5 Å². The van der Waals surface area contributed by atoms with E-state index in [0.29, 0.717) is 19.0 Å². The summed E-state index contributed by atoms with van der Waals surface area (Å²) in [5, 5.41) is 7.96. The minimum Gasteiger partial charge on any atom is -0.338 e. The van der Waals surface area contributed by atoms with Crippen molar-refractivity contribution >= 4 is 23.3 Å². The Hall–Kier alpha value is -1.56. The molecule has 0 radical (unpaired) electrons. The van der Waals surface area contributed by atoms with Crippen molar-refractivity contribution < 1.29 is 9.59 Å². The molecular formula is C15H21N3O2S. The topological polar surface area (TPSA) is 61.4 Å². The maximum Gasteiger partial charge on any atom is 0.315 e. The van der Waals surface area contributed by atoms with E-state index >= 15 is 0 Å². The van der Waals surface area contributed by atoms with Crippen LogP contribution in [0.15, 0.2) is 17.5 Å². The van der Waals surface area contributed by atoms with Gasteiger partial charge in [0.15, 0.2) is 0 Å². The van der Waals surface area contributed by atoms with Crippen molar-refractivity contribution in [2.75, 3.05) is 6.54 Å². The van der Waals surface area contributed by atoms with Crippen molar-refractivity contribution in [2.45, 2.75) is 50.7 Å². The molecular weight excluding hydrogens is 286 g/mol. The van der Waals surface area contributed by atoms with Gasteiger partial charge in [0.25, 0.3) is 0 Å². The van der Waals surface area contributed by atoms with E-state index in [9.17, 15) is 9.59 Å². The molecule has 2 aliphatic rings. The van der Waals surface area contributed by atoms with E-state index in [-0.39, 0.29) is 24.0 Å². The van der Waals surface area contributed by atoms with Gasteiger partial charge in [-0.2, -0.15) is 0 Å². The molecule has 0 aromatic carbocycles. The summed E-state index contributed by atoms with van der Waals surface area (Å²) in [4.78, 5) is 27.1. The van der Waals surface area contributed by atoms with Crippen LogP contribution < -0.4 is 10.6 Å². The number of nitrogens with zero attached hydrogens (tertiary/aromatic N) is 1. The Morgan fingerprint density at radius 1 is 1.52 bits per heavy atom. The van der Waals surface area contributed by atoms with Gasteiger partial charge in [0.2, 0.25) is 5.91 Å². The summed E-state index contributed by atoms with van der Waals surface area (Å²) in [6.07, 6.45) is 3.51. The molecule has 3 amide bonds. The first-order chi connectivity index (χ1) is 10.2. The number of likely N-dealkylation sites (tertiary alicyclic amines) is 1. The van der Waals surface area contributed by atoms with Crippen molar-refractivity contribution in [2.24, 2.45) is 0 Å². The third-order valence-electron chi connectivity index (χ3n) is 4.08. The van der Waals surface area contributed by atoms with Gasteiger partial charge in [-0.1, -0.05) is 13.0 Å². The number of thiophene rings is 1. The maximum atomic E-state index is 12.1. The Balaban J connectivity index is 1.51. The standard InChI is InChI=1S/C15H21N3O2S/c1-2-12(13-4-3-7-21-13)17-15(20)16-10-8-14(19)18(9-10)11-5-6-11/h3-4,7,10-12H,2,5-6,8-9H2,1H3,(H2,16,17,20). The predicted molar refractivity (Wildman–Crippen MR) is 82.2 cm³/mol. The van der Waals surface area contributed by atoms with E-state index in [0.717, 1.165) is 24.1 Å². The summed E-state index contributed by atoms with van der Waals surface area (Å²) in [7, 11) is 0. The first-order valence-corrected chi connectivity index (χ1v) is 8.45. The molecule has 1 saturated carbocycles. The molecule has 1 saturated heterocycles.